The molecule has 1 aliphatic heterocycles. The predicted octanol–water partition coefficient (Wildman–Crippen LogP) is 2.20. The molecule has 13 heteroatoms. The normalized spacial score (nSPS) is 13.4. The van der Waals surface area contributed by atoms with E-state index in [-0.39, 0.29) is 47.3 Å². The van der Waals surface area contributed by atoms with E-state index in [0.717, 1.165) is 4.90 Å². The van der Waals surface area contributed by atoms with Crippen molar-refractivity contribution in [1.29, 1.82) is 0 Å². The van der Waals surface area contributed by atoms with Crippen LogP contribution in [-0.4, -0.2) is 50.3 Å². The van der Waals surface area contributed by atoms with Gasteiger partial charge in [-0.05, 0) is 48.5 Å². The standard InChI is InChI=1S/C23H21N5O7S/c1-34-19-13-18(25-23(26-19)35-2)27-36(32,33)17-9-5-15(6-10-17)24-22(31)14-3-7-16(8-4-14)28-20(29)11-12-21(28)30/h3-10,13H,11-12H2,1-2H3,(H,24,31)(H,25,26,27). The van der Waals surface area contributed by atoms with E-state index in [2.05, 4.69) is 20.0 Å². The molecule has 1 fully saturated rings. The van der Waals surface area contributed by atoms with E-state index in [0.29, 0.717) is 16.9 Å². The Hall–Kier alpha value is -4.52. The van der Waals surface area contributed by atoms with Crippen LogP contribution in [0.4, 0.5) is 17.2 Å². The first-order valence-corrected chi connectivity index (χ1v) is 12.1. The van der Waals surface area contributed by atoms with Crippen LogP contribution in [0.3, 0.4) is 0 Å². The van der Waals surface area contributed by atoms with Gasteiger partial charge in [-0.2, -0.15) is 9.97 Å². The molecule has 0 aliphatic carbocycles. The third-order valence-electron chi connectivity index (χ3n) is 5.17. The molecule has 0 spiro atoms. The molecule has 0 bridgehead atoms. The summed E-state index contributed by atoms with van der Waals surface area (Å²) in [4.78, 5) is 45.2. The van der Waals surface area contributed by atoms with Crippen molar-refractivity contribution in [3.8, 4) is 11.9 Å². The van der Waals surface area contributed by atoms with Gasteiger partial charge in [0.1, 0.15) is 0 Å². The summed E-state index contributed by atoms with van der Waals surface area (Å²) in [6.07, 6.45) is 0.341. The molecule has 2 aromatic carbocycles. The number of aromatic nitrogens is 2. The number of methoxy groups -OCH3 is 2. The highest BCUT2D eigenvalue weighted by Gasteiger charge is 2.30. The number of nitrogens with one attached hydrogen (secondary N) is 2. The van der Waals surface area contributed by atoms with Crippen LogP contribution < -0.4 is 24.4 Å². The van der Waals surface area contributed by atoms with Crippen molar-refractivity contribution in [2.75, 3.05) is 29.2 Å². The lowest BCUT2D eigenvalue weighted by Gasteiger charge is -2.14. The van der Waals surface area contributed by atoms with Gasteiger partial charge in [0.2, 0.25) is 17.7 Å². The molecule has 186 valence electrons. The van der Waals surface area contributed by atoms with Gasteiger partial charge in [0, 0.05) is 30.2 Å². The molecule has 0 unspecified atom stereocenters. The molecule has 36 heavy (non-hydrogen) atoms. The van der Waals surface area contributed by atoms with Crippen molar-refractivity contribution >= 4 is 44.9 Å². The predicted molar refractivity (Wildman–Crippen MR) is 129 cm³/mol. The number of carbonyl (C=O) groups is 3. The van der Waals surface area contributed by atoms with Crippen LogP contribution >= 0.6 is 0 Å². The van der Waals surface area contributed by atoms with Crippen LogP contribution in [0.2, 0.25) is 0 Å². The number of ether oxygens (including phenoxy) is 2. The number of sulfonamides is 1. The second kappa shape index (κ2) is 10.00. The van der Waals surface area contributed by atoms with E-state index in [1.165, 1.54) is 68.8 Å². The molecule has 4 rings (SSSR count). The first-order chi connectivity index (χ1) is 17.2. The maximum Gasteiger partial charge on any atom is 0.321 e. The third kappa shape index (κ3) is 5.25. The van der Waals surface area contributed by atoms with Crippen LogP contribution in [0.5, 0.6) is 11.9 Å². The highest BCUT2D eigenvalue weighted by atomic mass is 32.2. The van der Waals surface area contributed by atoms with E-state index in [4.69, 9.17) is 9.47 Å². The smallest absolute Gasteiger partial charge is 0.321 e. The fourth-order valence-electron chi connectivity index (χ4n) is 3.40. The molecule has 0 atom stereocenters. The van der Waals surface area contributed by atoms with Crippen molar-refractivity contribution < 1.29 is 32.3 Å². The van der Waals surface area contributed by atoms with Gasteiger partial charge in [0.25, 0.3) is 15.9 Å². The van der Waals surface area contributed by atoms with Gasteiger partial charge in [0.15, 0.2) is 5.82 Å². The second-order valence-electron chi connectivity index (χ2n) is 7.54. The Morgan fingerprint density at radius 2 is 1.56 bits per heavy atom. The van der Waals surface area contributed by atoms with Crippen molar-refractivity contribution in [2.24, 2.45) is 0 Å². The lowest BCUT2D eigenvalue weighted by molar-refractivity contribution is -0.121. The summed E-state index contributed by atoms with van der Waals surface area (Å²) < 4.78 is 37.8. The molecule has 1 saturated heterocycles. The molecule has 3 aromatic rings. The number of benzene rings is 2. The Morgan fingerprint density at radius 3 is 2.14 bits per heavy atom. The molecule has 1 aromatic heterocycles. The van der Waals surface area contributed by atoms with Gasteiger partial charge >= 0.3 is 6.01 Å². The van der Waals surface area contributed by atoms with Crippen molar-refractivity contribution in [3.63, 3.8) is 0 Å². The molecule has 1 aliphatic rings. The zero-order valence-corrected chi connectivity index (χ0v) is 20.0. The van der Waals surface area contributed by atoms with Crippen LogP contribution in [0, 0.1) is 0 Å². The first kappa shape index (κ1) is 24.6. The molecule has 0 radical (unpaired) electrons. The molecular weight excluding hydrogens is 490 g/mol. The highest BCUT2D eigenvalue weighted by Crippen LogP contribution is 2.24. The quantitative estimate of drug-likeness (QED) is 0.433. The van der Waals surface area contributed by atoms with Gasteiger partial charge in [0.05, 0.1) is 24.8 Å². The number of imide groups is 1. The van der Waals surface area contributed by atoms with Gasteiger partial charge in [-0.25, -0.2) is 8.42 Å². The zero-order valence-electron chi connectivity index (χ0n) is 19.2. The fraction of sp³-hybridized carbons (Fsp3) is 0.174. The van der Waals surface area contributed by atoms with Crippen LogP contribution in [0.1, 0.15) is 23.2 Å². The van der Waals surface area contributed by atoms with E-state index >= 15 is 0 Å². The monoisotopic (exact) mass is 511 g/mol. The number of hydrogen-bond donors (Lipinski definition) is 2. The molecule has 2 N–H and O–H groups in total. The average molecular weight is 512 g/mol. The number of anilines is 3. The van der Waals surface area contributed by atoms with E-state index in [1.54, 1.807) is 0 Å². The molecule has 2 heterocycles. The summed E-state index contributed by atoms with van der Waals surface area (Å²) >= 11 is 0. The average Bonchev–Trinajstić information content (AvgIpc) is 3.21. The molecule has 0 saturated carbocycles. The van der Waals surface area contributed by atoms with Gasteiger partial charge in [-0.1, -0.05) is 0 Å². The van der Waals surface area contributed by atoms with Crippen LogP contribution in [0.25, 0.3) is 0 Å². The van der Waals surface area contributed by atoms with Crippen molar-refractivity contribution in [3.05, 3.63) is 60.2 Å². The van der Waals surface area contributed by atoms with E-state index in [1.807, 2.05) is 0 Å². The summed E-state index contributed by atoms with van der Waals surface area (Å²) in [5.74, 6) is -0.935. The minimum Gasteiger partial charge on any atom is -0.481 e. The largest absolute Gasteiger partial charge is 0.481 e. The summed E-state index contributed by atoms with van der Waals surface area (Å²) in [5.41, 5.74) is 1.06. The minimum absolute atomic E-state index is 0.0446. The van der Waals surface area contributed by atoms with Crippen LogP contribution in [-0.2, 0) is 19.6 Å². The highest BCUT2D eigenvalue weighted by molar-refractivity contribution is 7.92. The number of carbonyl (C=O) groups excluding carboxylic acids is 3. The molecule has 3 amide bonds. The fourth-order valence-corrected chi connectivity index (χ4v) is 4.39. The Morgan fingerprint density at radius 1 is 0.917 bits per heavy atom. The lowest BCUT2D eigenvalue weighted by atomic mass is 10.1. The van der Waals surface area contributed by atoms with Crippen molar-refractivity contribution in [1.82, 2.24) is 9.97 Å². The third-order valence-corrected chi connectivity index (χ3v) is 6.55. The lowest BCUT2D eigenvalue weighted by Crippen LogP contribution is -2.28. The topological polar surface area (TPSA) is 157 Å². The summed E-state index contributed by atoms with van der Waals surface area (Å²) in [7, 11) is -1.30. The Bertz CT molecular complexity index is 1390. The van der Waals surface area contributed by atoms with Crippen LogP contribution in [0.15, 0.2) is 59.5 Å². The Kier molecular flexibility index (Phi) is 6.83. The molecular formula is C23H21N5O7S. The van der Waals surface area contributed by atoms with Crippen molar-refractivity contribution in [2.45, 2.75) is 17.7 Å². The summed E-state index contributed by atoms with van der Waals surface area (Å²) in [6, 6.07) is 12.8. The second-order valence-corrected chi connectivity index (χ2v) is 9.22. The Balaban J connectivity index is 1.43. The van der Waals surface area contributed by atoms with Gasteiger partial charge < -0.3 is 14.8 Å². The maximum absolute atomic E-state index is 12.8. The molecule has 12 nitrogen and oxygen atoms in total. The first-order valence-electron chi connectivity index (χ1n) is 10.6. The van der Waals surface area contributed by atoms with Gasteiger partial charge in [-0.3, -0.25) is 24.0 Å². The Labute approximate surface area is 206 Å². The SMILES string of the molecule is COc1cc(NS(=O)(=O)c2ccc(NC(=O)c3ccc(N4C(=O)CCC4=O)cc3)cc2)nc(OC)n1. The maximum atomic E-state index is 12.8. The number of nitrogens with zero attached hydrogens (tertiary/aromatic N) is 3. The number of amides is 3. The van der Waals surface area contributed by atoms with E-state index in [9.17, 15) is 22.8 Å². The van der Waals surface area contributed by atoms with E-state index < -0.39 is 15.9 Å². The summed E-state index contributed by atoms with van der Waals surface area (Å²) in [6.45, 7) is 0. The number of hydrogen-bond acceptors (Lipinski definition) is 9. The van der Waals surface area contributed by atoms with Gasteiger partial charge in [-0.15, -0.1) is 0 Å². The zero-order chi connectivity index (χ0) is 25.9. The number of rotatable bonds is 8. The minimum atomic E-state index is -4.01. The summed E-state index contributed by atoms with van der Waals surface area (Å²) in [5, 5.41) is 2.67.